The van der Waals surface area contributed by atoms with Crippen molar-refractivity contribution in [2.75, 3.05) is 13.1 Å². The lowest BCUT2D eigenvalue weighted by atomic mass is 9.89. The molecule has 0 amide bonds. The zero-order chi connectivity index (χ0) is 15.6. The Kier molecular flexibility index (Phi) is 5.04. The van der Waals surface area contributed by atoms with Crippen molar-refractivity contribution < 1.29 is 9.90 Å². The van der Waals surface area contributed by atoms with E-state index in [1.165, 1.54) is 22.3 Å². The first kappa shape index (κ1) is 16.0. The molecule has 3 heteroatoms. The molecule has 1 aliphatic rings. The number of carboxylic acid groups (broad SMARTS) is 1. The van der Waals surface area contributed by atoms with E-state index in [9.17, 15) is 4.79 Å². The minimum absolute atomic E-state index is 0.324. The van der Waals surface area contributed by atoms with E-state index >= 15 is 0 Å². The van der Waals surface area contributed by atoms with Gasteiger partial charge in [-0.1, -0.05) is 17.7 Å². The molecule has 0 radical (unpaired) electrons. The molecule has 1 aliphatic heterocycles. The first-order valence-corrected chi connectivity index (χ1v) is 7.92. The van der Waals surface area contributed by atoms with Gasteiger partial charge < -0.3 is 5.11 Å². The number of nitrogens with zero attached hydrogens (tertiary/aromatic N) is 1. The van der Waals surface area contributed by atoms with Crippen LogP contribution in [-0.2, 0) is 4.79 Å². The molecule has 1 atom stereocenters. The molecule has 1 unspecified atom stereocenters. The molecule has 0 aliphatic carbocycles. The topological polar surface area (TPSA) is 40.5 Å². The summed E-state index contributed by atoms with van der Waals surface area (Å²) < 4.78 is 0. The van der Waals surface area contributed by atoms with Gasteiger partial charge in [-0.2, -0.15) is 0 Å². The number of hydrogen-bond acceptors (Lipinski definition) is 2. The second-order valence-electron chi connectivity index (χ2n) is 6.57. The molecule has 1 N–H and O–H groups in total. The first-order valence-electron chi connectivity index (χ1n) is 7.92. The number of piperidine rings is 1. The van der Waals surface area contributed by atoms with E-state index in [1.807, 2.05) is 0 Å². The van der Waals surface area contributed by atoms with Gasteiger partial charge in [-0.25, -0.2) is 0 Å². The maximum Gasteiger partial charge on any atom is 0.303 e. The number of benzene rings is 1. The van der Waals surface area contributed by atoms with E-state index in [-0.39, 0.29) is 0 Å². The fourth-order valence-corrected chi connectivity index (χ4v) is 3.82. The zero-order valence-electron chi connectivity index (χ0n) is 13.6. The van der Waals surface area contributed by atoms with Crippen molar-refractivity contribution in [3.8, 4) is 0 Å². The van der Waals surface area contributed by atoms with Crippen LogP contribution in [0.2, 0.25) is 0 Å². The maximum atomic E-state index is 10.8. The van der Waals surface area contributed by atoms with E-state index in [2.05, 4.69) is 44.7 Å². The highest BCUT2D eigenvalue weighted by atomic mass is 16.4. The number of carboxylic acids is 1. The lowest BCUT2D eigenvalue weighted by molar-refractivity contribution is -0.138. The molecule has 1 aromatic rings. The summed E-state index contributed by atoms with van der Waals surface area (Å²) in [6, 6.07) is 4.93. The number of carbonyl (C=O) groups is 1. The van der Waals surface area contributed by atoms with Crippen LogP contribution in [0.15, 0.2) is 12.1 Å². The summed E-state index contributed by atoms with van der Waals surface area (Å²) in [7, 11) is 0. The van der Waals surface area contributed by atoms with E-state index < -0.39 is 5.97 Å². The molecule has 3 nitrogen and oxygen atoms in total. The molecule has 1 aromatic carbocycles. The van der Waals surface area contributed by atoms with Crippen molar-refractivity contribution >= 4 is 5.97 Å². The normalized spacial score (nSPS) is 18.7. The number of aliphatic carboxylic acids is 1. The van der Waals surface area contributed by atoms with Gasteiger partial charge in [0.05, 0.1) is 0 Å². The minimum atomic E-state index is -0.660. The van der Waals surface area contributed by atoms with Gasteiger partial charge in [0.2, 0.25) is 0 Å². The molecule has 1 saturated heterocycles. The van der Waals surface area contributed by atoms with Crippen molar-refractivity contribution in [3.63, 3.8) is 0 Å². The van der Waals surface area contributed by atoms with Crippen LogP contribution in [0.3, 0.4) is 0 Å². The largest absolute Gasteiger partial charge is 0.481 e. The molecule has 21 heavy (non-hydrogen) atoms. The maximum absolute atomic E-state index is 10.8. The van der Waals surface area contributed by atoms with Gasteiger partial charge in [0.25, 0.3) is 0 Å². The van der Waals surface area contributed by atoms with Crippen LogP contribution in [0.5, 0.6) is 0 Å². The van der Waals surface area contributed by atoms with Crippen LogP contribution in [0.1, 0.15) is 54.5 Å². The third kappa shape index (κ3) is 3.85. The SMILES string of the molecule is Cc1cc(C)c(C(C)N2CCC(CC(=O)O)CC2)c(C)c1. The Morgan fingerprint density at radius 2 is 1.76 bits per heavy atom. The predicted molar refractivity (Wildman–Crippen MR) is 85.6 cm³/mol. The average molecular weight is 289 g/mol. The van der Waals surface area contributed by atoms with Gasteiger partial charge in [0.15, 0.2) is 0 Å². The summed E-state index contributed by atoms with van der Waals surface area (Å²) in [6.45, 7) is 10.8. The molecule has 1 fully saturated rings. The standard InChI is InChI=1S/C18H27NO2/c1-12-9-13(2)18(14(3)10-12)15(4)19-7-5-16(6-8-19)11-17(20)21/h9-10,15-16H,5-8,11H2,1-4H3,(H,20,21). The Morgan fingerprint density at radius 3 is 2.24 bits per heavy atom. The molecular formula is C18H27NO2. The van der Waals surface area contributed by atoms with E-state index in [0.29, 0.717) is 18.4 Å². The van der Waals surface area contributed by atoms with Crippen molar-refractivity contribution in [1.82, 2.24) is 4.90 Å². The van der Waals surface area contributed by atoms with Crippen molar-refractivity contribution in [1.29, 1.82) is 0 Å². The second kappa shape index (κ2) is 6.61. The molecule has 0 saturated carbocycles. The highest BCUT2D eigenvalue weighted by Crippen LogP contribution is 2.31. The Morgan fingerprint density at radius 1 is 1.24 bits per heavy atom. The molecule has 0 spiro atoms. The number of hydrogen-bond donors (Lipinski definition) is 1. The summed E-state index contributed by atoms with van der Waals surface area (Å²) in [5, 5.41) is 8.90. The third-order valence-corrected chi connectivity index (χ3v) is 4.82. The van der Waals surface area contributed by atoms with Crippen LogP contribution in [0, 0.1) is 26.7 Å². The summed E-state index contributed by atoms with van der Waals surface area (Å²) >= 11 is 0. The van der Waals surface area contributed by atoms with E-state index in [1.54, 1.807) is 0 Å². The molecule has 1 heterocycles. The van der Waals surface area contributed by atoms with Crippen LogP contribution in [-0.4, -0.2) is 29.1 Å². The highest BCUT2D eigenvalue weighted by Gasteiger charge is 2.26. The molecule has 2 rings (SSSR count). The van der Waals surface area contributed by atoms with Crippen molar-refractivity contribution in [2.45, 2.75) is 53.0 Å². The number of rotatable bonds is 4. The Labute approximate surface area is 128 Å². The Balaban J connectivity index is 2.05. The monoisotopic (exact) mass is 289 g/mol. The van der Waals surface area contributed by atoms with Crippen LogP contribution in [0.4, 0.5) is 0 Å². The molecule has 116 valence electrons. The second-order valence-corrected chi connectivity index (χ2v) is 6.57. The zero-order valence-corrected chi connectivity index (χ0v) is 13.6. The lowest BCUT2D eigenvalue weighted by Gasteiger charge is -2.37. The minimum Gasteiger partial charge on any atom is -0.481 e. The van der Waals surface area contributed by atoms with Gasteiger partial charge >= 0.3 is 5.97 Å². The summed E-state index contributed by atoms with van der Waals surface area (Å²) in [5.74, 6) is -0.308. The summed E-state index contributed by atoms with van der Waals surface area (Å²) in [4.78, 5) is 13.3. The highest BCUT2D eigenvalue weighted by molar-refractivity contribution is 5.67. The quantitative estimate of drug-likeness (QED) is 0.915. The fraction of sp³-hybridized carbons (Fsp3) is 0.611. The predicted octanol–water partition coefficient (Wildman–Crippen LogP) is 3.86. The molecule has 0 bridgehead atoms. The third-order valence-electron chi connectivity index (χ3n) is 4.82. The van der Waals surface area contributed by atoms with Crippen LogP contribution in [0.25, 0.3) is 0 Å². The Bertz CT molecular complexity index is 493. The van der Waals surface area contributed by atoms with Gasteiger partial charge in [-0.3, -0.25) is 9.69 Å². The smallest absolute Gasteiger partial charge is 0.303 e. The molecular weight excluding hydrogens is 262 g/mol. The van der Waals surface area contributed by atoms with Gasteiger partial charge in [0, 0.05) is 12.5 Å². The van der Waals surface area contributed by atoms with Crippen LogP contribution < -0.4 is 0 Å². The van der Waals surface area contributed by atoms with Gasteiger partial charge in [-0.05, 0) is 76.2 Å². The molecule has 0 aromatic heterocycles. The lowest BCUT2D eigenvalue weighted by Crippen LogP contribution is -2.36. The van der Waals surface area contributed by atoms with Crippen molar-refractivity contribution in [3.05, 3.63) is 34.4 Å². The number of aryl methyl sites for hydroxylation is 3. The van der Waals surface area contributed by atoms with Crippen LogP contribution >= 0.6 is 0 Å². The van der Waals surface area contributed by atoms with E-state index in [0.717, 1.165) is 25.9 Å². The first-order chi connectivity index (χ1) is 9.88. The van der Waals surface area contributed by atoms with Gasteiger partial charge in [-0.15, -0.1) is 0 Å². The average Bonchev–Trinajstić information content (AvgIpc) is 2.37. The summed E-state index contributed by atoms with van der Waals surface area (Å²) in [5.41, 5.74) is 5.50. The Hall–Kier alpha value is -1.35. The fourth-order valence-electron chi connectivity index (χ4n) is 3.82. The van der Waals surface area contributed by atoms with Gasteiger partial charge in [0.1, 0.15) is 0 Å². The summed E-state index contributed by atoms with van der Waals surface area (Å²) in [6.07, 6.45) is 2.33. The van der Waals surface area contributed by atoms with Crippen molar-refractivity contribution in [2.24, 2.45) is 5.92 Å². The van der Waals surface area contributed by atoms with E-state index in [4.69, 9.17) is 5.11 Å². The number of likely N-dealkylation sites (tertiary alicyclic amines) is 1.